The SMILES string of the molecule is CNC(c1ccsc1)c1sccc1Br. The summed E-state index contributed by atoms with van der Waals surface area (Å²) < 4.78 is 1.19. The highest BCUT2D eigenvalue weighted by Crippen LogP contribution is 2.33. The monoisotopic (exact) mass is 287 g/mol. The van der Waals surface area contributed by atoms with Crippen LogP contribution in [0.15, 0.2) is 32.7 Å². The molecule has 74 valence electrons. The Morgan fingerprint density at radius 3 is 2.71 bits per heavy atom. The van der Waals surface area contributed by atoms with E-state index in [9.17, 15) is 0 Å². The molecule has 4 heteroatoms. The first-order valence-electron chi connectivity index (χ1n) is 4.25. The maximum atomic E-state index is 3.57. The van der Waals surface area contributed by atoms with Crippen LogP contribution in [0.5, 0.6) is 0 Å². The van der Waals surface area contributed by atoms with Gasteiger partial charge >= 0.3 is 0 Å². The van der Waals surface area contributed by atoms with Crippen molar-refractivity contribution >= 4 is 38.6 Å². The average Bonchev–Trinajstić information content (AvgIpc) is 2.80. The Morgan fingerprint density at radius 1 is 1.36 bits per heavy atom. The normalized spacial score (nSPS) is 13.0. The van der Waals surface area contributed by atoms with Crippen LogP contribution in [0.1, 0.15) is 16.5 Å². The summed E-state index contributed by atoms with van der Waals surface area (Å²) in [6, 6.07) is 4.57. The molecule has 2 heterocycles. The summed E-state index contributed by atoms with van der Waals surface area (Å²) in [4.78, 5) is 1.34. The largest absolute Gasteiger partial charge is 0.309 e. The Kier molecular flexibility index (Phi) is 3.38. The first kappa shape index (κ1) is 10.4. The van der Waals surface area contributed by atoms with Crippen LogP contribution in [0.25, 0.3) is 0 Å². The number of thiophene rings is 2. The molecule has 1 unspecified atom stereocenters. The van der Waals surface area contributed by atoms with Crippen molar-refractivity contribution in [3.05, 3.63) is 43.2 Å². The van der Waals surface area contributed by atoms with E-state index in [-0.39, 0.29) is 0 Å². The summed E-state index contributed by atoms with van der Waals surface area (Å²) in [5, 5.41) is 9.74. The van der Waals surface area contributed by atoms with Crippen molar-refractivity contribution in [3.63, 3.8) is 0 Å². The predicted molar refractivity (Wildman–Crippen MR) is 67.2 cm³/mol. The third-order valence-electron chi connectivity index (χ3n) is 2.07. The lowest BCUT2D eigenvalue weighted by molar-refractivity contribution is 0.704. The summed E-state index contributed by atoms with van der Waals surface area (Å²) >= 11 is 7.08. The minimum absolute atomic E-state index is 0.315. The molecule has 0 fully saturated rings. The zero-order valence-corrected chi connectivity index (χ0v) is 10.9. The fourth-order valence-electron chi connectivity index (χ4n) is 1.40. The van der Waals surface area contributed by atoms with Gasteiger partial charge in [0.25, 0.3) is 0 Å². The van der Waals surface area contributed by atoms with E-state index in [1.54, 1.807) is 22.7 Å². The quantitative estimate of drug-likeness (QED) is 0.903. The minimum Gasteiger partial charge on any atom is -0.309 e. The van der Waals surface area contributed by atoms with Gasteiger partial charge in [0.2, 0.25) is 0 Å². The van der Waals surface area contributed by atoms with Crippen molar-refractivity contribution in [3.8, 4) is 0 Å². The molecule has 0 amide bonds. The van der Waals surface area contributed by atoms with Crippen LogP contribution in [-0.4, -0.2) is 7.05 Å². The molecule has 0 aliphatic heterocycles. The van der Waals surface area contributed by atoms with E-state index in [0.29, 0.717) is 6.04 Å². The fraction of sp³-hybridized carbons (Fsp3) is 0.200. The van der Waals surface area contributed by atoms with Gasteiger partial charge in [0, 0.05) is 9.35 Å². The zero-order valence-electron chi connectivity index (χ0n) is 7.66. The van der Waals surface area contributed by atoms with Crippen LogP contribution >= 0.6 is 38.6 Å². The van der Waals surface area contributed by atoms with E-state index < -0.39 is 0 Å². The molecular weight excluding hydrogens is 278 g/mol. The molecule has 0 bridgehead atoms. The standard InChI is InChI=1S/C10H10BrNS2/c1-12-9(7-2-4-13-6-7)10-8(11)3-5-14-10/h2-6,9,12H,1H3. The molecule has 0 aliphatic rings. The van der Waals surface area contributed by atoms with Gasteiger partial charge < -0.3 is 5.32 Å². The Balaban J connectivity index is 2.36. The summed E-state index contributed by atoms with van der Waals surface area (Å²) in [5.41, 5.74) is 1.33. The third kappa shape index (κ3) is 1.93. The molecule has 0 radical (unpaired) electrons. The van der Waals surface area contributed by atoms with Gasteiger partial charge in [-0.15, -0.1) is 11.3 Å². The zero-order chi connectivity index (χ0) is 9.97. The van der Waals surface area contributed by atoms with Crippen LogP contribution in [0.3, 0.4) is 0 Å². The van der Waals surface area contributed by atoms with Crippen LogP contribution < -0.4 is 5.32 Å². The molecule has 0 saturated carbocycles. The fourth-order valence-corrected chi connectivity index (χ4v) is 3.82. The van der Waals surface area contributed by atoms with Gasteiger partial charge in [0.1, 0.15) is 0 Å². The van der Waals surface area contributed by atoms with Crippen molar-refractivity contribution in [2.45, 2.75) is 6.04 Å². The van der Waals surface area contributed by atoms with Gasteiger partial charge in [0.05, 0.1) is 6.04 Å². The van der Waals surface area contributed by atoms with Crippen molar-refractivity contribution in [2.75, 3.05) is 7.05 Å². The molecule has 2 rings (SSSR count). The first-order valence-corrected chi connectivity index (χ1v) is 6.86. The summed E-state index contributed by atoms with van der Waals surface area (Å²) in [6.07, 6.45) is 0. The van der Waals surface area contributed by atoms with E-state index in [2.05, 4.69) is 49.5 Å². The van der Waals surface area contributed by atoms with Crippen LogP contribution in [0.4, 0.5) is 0 Å². The molecule has 0 spiro atoms. The second-order valence-corrected chi connectivity index (χ2v) is 5.49. The Labute approximate surface area is 99.9 Å². The predicted octanol–water partition coefficient (Wildman–Crippen LogP) is 3.88. The number of hydrogen-bond donors (Lipinski definition) is 1. The van der Waals surface area contributed by atoms with Gasteiger partial charge in [-0.05, 0) is 56.8 Å². The number of halogens is 1. The third-order valence-corrected chi connectivity index (χ3v) is 4.71. The van der Waals surface area contributed by atoms with Gasteiger partial charge in [0.15, 0.2) is 0 Å². The first-order chi connectivity index (χ1) is 6.83. The highest BCUT2D eigenvalue weighted by molar-refractivity contribution is 9.10. The summed E-state index contributed by atoms with van der Waals surface area (Å²) in [5.74, 6) is 0. The molecular formula is C10H10BrNS2. The van der Waals surface area contributed by atoms with Crippen LogP contribution in [0.2, 0.25) is 0 Å². The molecule has 1 atom stereocenters. The smallest absolute Gasteiger partial charge is 0.0688 e. The van der Waals surface area contributed by atoms with E-state index >= 15 is 0 Å². The molecule has 2 aromatic heterocycles. The summed E-state index contributed by atoms with van der Waals surface area (Å²) in [6.45, 7) is 0. The van der Waals surface area contributed by atoms with Crippen LogP contribution in [0, 0.1) is 0 Å². The highest BCUT2D eigenvalue weighted by Gasteiger charge is 2.16. The minimum atomic E-state index is 0.315. The average molecular weight is 288 g/mol. The number of hydrogen-bond acceptors (Lipinski definition) is 3. The van der Waals surface area contributed by atoms with Crippen molar-refractivity contribution < 1.29 is 0 Å². The van der Waals surface area contributed by atoms with Crippen molar-refractivity contribution in [1.29, 1.82) is 0 Å². The van der Waals surface area contributed by atoms with Crippen molar-refractivity contribution in [1.82, 2.24) is 5.32 Å². The Morgan fingerprint density at radius 2 is 2.21 bits per heavy atom. The van der Waals surface area contributed by atoms with Gasteiger partial charge in [-0.25, -0.2) is 0 Å². The van der Waals surface area contributed by atoms with E-state index in [0.717, 1.165) is 0 Å². The summed E-state index contributed by atoms with van der Waals surface area (Å²) in [7, 11) is 1.99. The lowest BCUT2D eigenvalue weighted by atomic mass is 10.1. The van der Waals surface area contributed by atoms with E-state index in [4.69, 9.17) is 0 Å². The van der Waals surface area contributed by atoms with Gasteiger partial charge in [-0.2, -0.15) is 11.3 Å². The molecule has 1 nitrogen and oxygen atoms in total. The van der Waals surface area contributed by atoms with E-state index in [1.807, 2.05) is 7.05 Å². The number of rotatable bonds is 3. The lowest BCUT2D eigenvalue weighted by Crippen LogP contribution is -2.15. The lowest BCUT2D eigenvalue weighted by Gasteiger charge is -2.13. The van der Waals surface area contributed by atoms with E-state index in [1.165, 1.54) is 14.9 Å². The molecule has 0 aromatic carbocycles. The molecule has 0 saturated heterocycles. The maximum Gasteiger partial charge on any atom is 0.0688 e. The Hall–Kier alpha value is -0.160. The van der Waals surface area contributed by atoms with Gasteiger partial charge in [-0.1, -0.05) is 0 Å². The molecule has 14 heavy (non-hydrogen) atoms. The molecule has 0 aliphatic carbocycles. The molecule has 1 N–H and O–H groups in total. The highest BCUT2D eigenvalue weighted by atomic mass is 79.9. The van der Waals surface area contributed by atoms with Crippen molar-refractivity contribution in [2.24, 2.45) is 0 Å². The van der Waals surface area contributed by atoms with Gasteiger partial charge in [-0.3, -0.25) is 0 Å². The van der Waals surface area contributed by atoms with Crippen LogP contribution in [-0.2, 0) is 0 Å². The Bertz CT molecular complexity index is 394. The molecule has 2 aromatic rings. The topological polar surface area (TPSA) is 12.0 Å². The number of nitrogens with one attached hydrogen (secondary N) is 1. The maximum absolute atomic E-state index is 3.57. The second kappa shape index (κ2) is 4.57. The second-order valence-electron chi connectivity index (χ2n) is 2.91.